The lowest BCUT2D eigenvalue weighted by Crippen LogP contribution is -2.20. The van der Waals surface area contributed by atoms with Gasteiger partial charge in [0.25, 0.3) is 5.91 Å². The van der Waals surface area contributed by atoms with Crippen LogP contribution in [0.4, 0.5) is 5.13 Å². The van der Waals surface area contributed by atoms with Gasteiger partial charge in [0.1, 0.15) is 10.6 Å². The molecule has 0 saturated carbocycles. The molecule has 0 fully saturated rings. The van der Waals surface area contributed by atoms with Crippen LogP contribution in [0.15, 0.2) is 24.3 Å². The van der Waals surface area contributed by atoms with Gasteiger partial charge in [0.2, 0.25) is 0 Å². The number of esters is 1. The predicted octanol–water partition coefficient (Wildman–Crippen LogP) is 2.91. The first-order valence-corrected chi connectivity index (χ1v) is 7.43. The molecular formula is C14H13ClN2O4S. The first-order chi connectivity index (χ1) is 10.5. The van der Waals surface area contributed by atoms with Crippen LogP contribution in [0.25, 0.3) is 0 Å². The van der Waals surface area contributed by atoms with Crippen molar-refractivity contribution in [2.24, 2.45) is 0 Å². The summed E-state index contributed by atoms with van der Waals surface area (Å²) in [5, 5.41) is 3.30. The van der Waals surface area contributed by atoms with Gasteiger partial charge in [-0.1, -0.05) is 35.1 Å². The number of halogens is 1. The Bertz CT molecular complexity index is 702. The molecule has 1 aromatic heterocycles. The summed E-state index contributed by atoms with van der Waals surface area (Å²) in [6.45, 7) is 1.45. The lowest BCUT2D eigenvalue weighted by atomic mass is 10.3. The molecule has 0 atom stereocenters. The second kappa shape index (κ2) is 7.24. The van der Waals surface area contributed by atoms with E-state index in [0.29, 0.717) is 26.5 Å². The molecule has 0 aliphatic heterocycles. The van der Waals surface area contributed by atoms with Gasteiger partial charge in [-0.15, -0.1) is 0 Å². The molecular weight excluding hydrogens is 328 g/mol. The van der Waals surface area contributed by atoms with Crippen LogP contribution < -0.4 is 10.1 Å². The van der Waals surface area contributed by atoms with Gasteiger partial charge in [-0.25, -0.2) is 9.78 Å². The topological polar surface area (TPSA) is 77.5 Å². The number of nitrogens with zero attached hydrogens (tertiary/aromatic N) is 1. The average Bonchev–Trinajstić information content (AvgIpc) is 2.86. The van der Waals surface area contributed by atoms with Crippen molar-refractivity contribution in [3.8, 4) is 5.75 Å². The molecule has 0 aliphatic carbocycles. The minimum absolute atomic E-state index is 0.212. The maximum Gasteiger partial charge on any atom is 0.350 e. The summed E-state index contributed by atoms with van der Waals surface area (Å²) in [6.07, 6.45) is 0. The zero-order valence-electron chi connectivity index (χ0n) is 11.9. The fourth-order valence-corrected chi connectivity index (χ4v) is 2.68. The van der Waals surface area contributed by atoms with Crippen molar-refractivity contribution in [3.05, 3.63) is 39.9 Å². The molecule has 1 amide bonds. The highest BCUT2D eigenvalue weighted by molar-refractivity contribution is 7.17. The average molecular weight is 341 g/mol. The van der Waals surface area contributed by atoms with Gasteiger partial charge in [0, 0.05) is 0 Å². The number of anilines is 1. The van der Waals surface area contributed by atoms with Crippen LogP contribution >= 0.6 is 22.9 Å². The summed E-state index contributed by atoms with van der Waals surface area (Å²) in [5.74, 6) is -0.460. The number of methoxy groups -OCH3 is 1. The standard InChI is InChI=1S/C14H13ClN2O4S/c1-8-12(13(19)20-2)22-14(16-8)17-11(18)7-21-10-6-4-3-5-9(10)15/h3-6H,7H2,1-2H3,(H,16,17,18). The molecule has 0 spiro atoms. The Morgan fingerprint density at radius 1 is 1.36 bits per heavy atom. The highest BCUT2D eigenvalue weighted by Gasteiger charge is 2.17. The van der Waals surface area contributed by atoms with Crippen LogP contribution in [0.5, 0.6) is 5.75 Å². The minimum atomic E-state index is -0.484. The monoisotopic (exact) mass is 340 g/mol. The lowest BCUT2D eigenvalue weighted by Gasteiger charge is -2.06. The van der Waals surface area contributed by atoms with Crippen molar-refractivity contribution in [1.29, 1.82) is 0 Å². The number of thiazole rings is 1. The van der Waals surface area contributed by atoms with Gasteiger partial charge in [-0.05, 0) is 19.1 Å². The number of benzene rings is 1. The molecule has 0 unspecified atom stereocenters. The molecule has 0 saturated heterocycles. The number of aromatic nitrogens is 1. The third-order valence-electron chi connectivity index (χ3n) is 2.61. The number of hydrogen-bond acceptors (Lipinski definition) is 6. The number of para-hydroxylation sites is 1. The molecule has 0 bridgehead atoms. The summed E-state index contributed by atoms with van der Waals surface area (Å²) in [6, 6.07) is 6.86. The molecule has 2 aromatic rings. The Labute approximate surface area is 136 Å². The van der Waals surface area contributed by atoms with E-state index in [4.69, 9.17) is 16.3 Å². The Balaban J connectivity index is 1.95. The van der Waals surface area contributed by atoms with Crippen molar-refractivity contribution < 1.29 is 19.1 Å². The van der Waals surface area contributed by atoms with E-state index in [0.717, 1.165) is 11.3 Å². The van der Waals surface area contributed by atoms with Crippen molar-refractivity contribution >= 4 is 39.9 Å². The zero-order chi connectivity index (χ0) is 16.1. The van der Waals surface area contributed by atoms with Crippen molar-refractivity contribution in [2.45, 2.75) is 6.92 Å². The van der Waals surface area contributed by atoms with Crippen LogP contribution in [-0.4, -0.2) is 30.6 Å². The summed E-state index contributed by atoms with van der Waals surface area (Å²) >= 11 is 6.97. The molecule has 1 N–H and O–H groups in total. The van der Waals surface area contributed by atoms with E-state index in [2.05, 4.69) is 15.0 Å². The molecule has 1 aromatic carbocycles. The first-order valence-electron chi connectivity index (χ1n) is 6.24. The molecule has 1 heterocycles. The Hall–Kier alpha value is -2.12. The van der Waals surface area contributed by atoms with Gasteiger partial charge >= 0.3 is 5.97 Å². The van der Waals surface area contributed by atoms with Gasteiger partial charge < -0.3 is 9.47 Å². The maximum absolute atomic E-state index is 11.8. The van der Waals surface area contributed by atoms with E-state index in [1.807, 2.05) is 0 Å². The van der Waals surface area contributed by atoms with Gasteiger partial charge in [-0.2, -0.15) is 0 Å². The van der Waals surface area contributed by atoms with E-state index in [9.17, 15) is 9.59 Å². The lowest BCUT2D eigenvalue weighted by molar-refractivity contribution is -0.118. The third kappa shape index (κ3) is 3.96. The van der Waals surface area contributed by atoms with E-state index in [1.54, 1.807) is 31.2 Å². The molecule has 0 radical (unpaired) electrons. The first kappa shape index (κ1) is 16.3. The number of ether oxygens (including phenoxy) is 2. The van der Waals surface area contributed by atoms with Crippen LogP contribution in [0.2, 0.25) is 5.02 Å². The number of nitrogens with one attached hydrogen (secondary N) is 1. The van der Waals surface area contributed by atoms with Crippen molar-refractivity contribution in [2.75, 3.05) is 19.0 Å². The Morgan fingerprint density at radius 3 is 2.77 bits per heavy atom. The van der Waals surface area contributed by atoms with Crippen LogP contribution in [0.1, 0.15) is 15.4 Å². The highest BCUT2D eigenvalue weighted by atomic mass is 35.5. The predicted molar refractivity (Wildman–Crippen MR) is 83.8 cm³/mol. The molecule has 116 valence electrons. The van der Waals surface area contributed by atoms with Gasteiger partial charge in [-0.3, -0.25) is 10.1 Å². The largest absolute Gasteiger partial charge is 0.482 e. The van der Waals surface area contributed by atoms with Gasteiger partial charge in [0.15, 0.2) is 11.7 Å². The number of rotatable bonds is 5. The molecule has 2 rings (SSSR count). The number of carbonyl (C=O) groups excluding carboxylic acids is 2. The Kier molecular flexibility index (Phi) is 5.35. The maximum atomic E-state index is 11.8. The summed E-state index contributed by atoms with van der Waals surface area (Å²) in [5.41, 5.74) is 0.499. The highest BCUT2D eigenvalue weighted by Crippen LogP contribution is 2.24. The van der Waals surface area contributed by atoms with Crippen LogP contribution in [0.3, 0.4) is 0 Å². The SMILES string of the molecule is COC(=O)c1sc(NC(=O)COc2ccccc2Cl)nc1C. The molecule has 6 nitrogen and oxygen atoms in total. The van der Waals surface area contributed by atoms with Crippen molar-refractivity contribution in [3.63, 3.8) is 0 Å². The fraction of sp³-hybridized carbons (Fsp3) is 0.214. The van der Waals surface area contributed by atoms with E-state index in [-0.39, 0.29) is 6.61 Å². The smallest absolute Gasteiger partial charge is 0.350 e. The van der Waals surface area contributed by atoms with Crippen LogP contribution in [-0.2, 0) is 9.53 Å². The third-order valence-corrected chi connectivity index (χ3v) is 3.97. The second-order valence-corrected chi connectivity index (χ2v) is 5.60. The summed E-state index contributed by atoms with van der Waals surface area (Å²) in [4.78, 5) is 27.8. The number of aryl methyl sites for hydroxylation is 1. The number of carbonyl (C=O) groups is 2. The zero-order valence-corrected chi connectivity index (χ0v) is 13.5. The molecule has 0 aliphatic rings. The fourth-order valence-electron chi connectivity index (χ4n) is 1.59. The summed E-state index contributed by atoms with van der Waals surface area (Å²) in [7, 11) is 1.29. The van der Waals surface area contributed by atoms with E-state index in [1.165, 1.54) is 7.11 Å². The summed E-state index contributed by atoms with van der Waals surface area (Å²) < 4.78 is 9.95. The Morgan fingerprint density at radius 2 is 2.09 bits per heavy atom. The van der Waals surface area contributed by atoms with Crippen LogP contribution in [0, 0.1) is 6.92 Å². The number of hydrogen-bond donors (Lipinski definition) is 1. The number of amides is 1. The van der Waals surface area contributed by atoms with E-state index < -0.39 is 11.9 Å². The second-order valence-electron chi connectivity index (χ2n) is 4.19. The van der Waals surface area contributed by atoms with E-state index >= 15 is 0 Å². The molecule has 8 heteroatoms. The van der Waals surface area contributed by atoms with Gasteiger partial charge in [0.05, 0.1) is 17.8 Å². The van der Waals surface area contributed by atoms with Crippen molar-refractivity contribution in [1.82, 2.24) is 4.98 Å². The quantitative estimate of drug-likeness (QED) is 0.847. The minimum Gasteiger partial charge on any atom is -0.482 e. The molecule has 22 heavy (non-hydrogen) atoms. The normalized spacial score (nSPS) is 10.1.